The number of carbonyl (C=O) groups excluding carboxylic acids is 1. The lowest BCUT2D eigenvalue weighted by molar-refractivity contribution is 0.0775. The first-order chi connectivity index (χ1) is 14.7. The fourth-order valence-electron chi connectivity index (χ4n) is 3.85. The second-order valence-electron chi connectivity index (χ2n) is 7.49. The molecule has 1 aromatic heterocycles. The lowest BCUT2D eigenvalue weighted by Gasteiger charge is -2.31. The highest BCUT2D eigenvalue weighted by Gasteiger charge is 2.26. The van der Waals surface area contributed by atoms with Crippen molar-refractivity contribution in [1.82, 2.24) is 25.1 Å². The van der Waals surface area contributed by atoms with Gasteiger partial charge in [-0.3, -0.25) is 0 Å². The average molecular weight is 426 g/mol. The molecule has 0 spiro atoms. The highest BCUT2D eigenvalue weighted by Crippen LogP contribution is 2.26. The molecular formula is C22H24ClN5O2. The van der Waals surface area contributed by atoms with Gasteiger partial charge in [0.2, 0.25) is 0 Å². The molecule has 0 aliphatic carbocycles. The van der Waals surface area contributed by atoms with E-state index >= 15 is 0 Å². The van der Waals surface area contributed by atoms with E-state index in [2.05, 4.69) is 39.7 Å². The summed E-state index contributed by atoms with van der Waals surface area (Å²) in [6.45, 7) is 1.49. The average Bonchev–Trinajstić information content (AvgIpc) is 3.31. The Balaban J connectivity index is 1.33. The maximum Gasteiger partial charge on any atom is 0.409 e. The Labute approximate surface area is 180 Å². The molecule has 7 nitrogen and oxygen atoms in total. The SMILES string of the molecule is O=C(OCC(c1ccccc1Cl)n1ncnn1)N1CCC(Cc2ccccc2)CC1. The largest absolute Gasteiger partial charge is 0.447 e. The summed E-state index contributed by atoms with van der Waals surface area (Å²) in [5, 5.41) is 12.4. The first-order valence-electron chi connectivity index (χ1n) is 10.1. The Kier molecular flexibility index (Phi) is 6.59. The van der Waals surface area contributed by atoms with Crippen LogP contribution in [0.15, 0.2) is 60.9 Å². The first kappa shape index (κ1) is 20.3. The van der Waals surface area contributed by atoms with Crippen LogP contribution in [-0.4, -0.2) is 50.9 Å². The summed E-state index contributed by atoms with van der Waals surface area (Å²) < 4.78 is 5.63. The molecule has 3 aromatic rings. The maximum absolute atomic E-state index is 12.7. The van der Waals surface area contributed by atoms with Crippen molar-refractivity contribution in [1.29, 1.82) is 0 Å². The van der Waals surface area contributed by atoms with E-state index in [-0.39, 0.29) is 12.7 Å². The van der Waals surface area contributed by atoms with Gasteiger partial charge in [0, 0.05) is 23.7 Å². The minimum Gasteiger partial charge on any atom is -0.447 e. The number of halogens is 1. The van der Waals surface area contributed by atoms with Crippen LogP contribution in [0, 0.1) is 5.92 Å². The van der Waals surface area contributed by atoms with Gasteiger partial charge in [0.25, 0.3) is 0 Å². The van der Waals surface area contributed by atoms with Crippen molar-refractivity contribution in [2.75, 3.05) is 19.7 Å². The molecule has 2 heterocycles. The number of hydrogen-bond donors (Lipinski definition) is 0. The highest BCUT2D eigenvalue weighted by atomic mass is 35.5. The van der Waals surface area contributed by atoms with Crippen LogP contribution in [-0.2, 0) is 11.2 Å². The number of likely N-dealkylation sites (tertiary alicyclic amines) is 1. The third-order valence-electron chi connectivity index (χ3n) is 5.51. The first-order valence-corrected chi connectivity index (χ1v) is 10.5. The Morgan fingerprint density at radius 2 is 1.83 bits per heavy atom. The molecule has 0 bridgehead atoms. The normalized spacial score (nSPS) is 15.7. The number of benzene rings is 2. The quantitative estimate of drug-likeness (QED) is 0.596. The van der Waals surface area contributed by atoms with Gasteiger partial charge in [0.1, 0.15) is 12.6 Å². The van der Waals surface area contributed by atoms with Crippen LogP contribution in [0.1, 0.15) is 30.0 Å². The zero-order valence-corrected chi connectivity index (χ0v) is 17.4. The van der Waals surface area contributed by atoms with Gasteiger partial charge in [-0.25, -0.2) is 4.79 Å². The topological polar surface area (TPSA) is 73.1 Å². The van der Waals surface area contributed by atoms with E-state index < -0.39 is 6.04 Å². The molecule has 30 heavy (non-hydrogen) atoms. The summed E-state index contributed by atoms with van der Waals surface area (Å²) >= 11 is 6.34. The van der Waals surface area contributed by atoms with E-state index in [9.17, 15) is 4.79 Å². The van der Waals surface area contributed by atoms with Gasteiger partial charge in [-0.2, -0.15) is 4.80 Å². The van der Waals surface area contributed by atoms with Gasteiger partial charge < -0.3 is 9.64 Å². The number of nitrogens with zero attached hydrogens (tertiary/aromatic N) is 5. The second kappa shape index (κ2) is 9.71. The molecule has 1 amide bonds. The van der Waals surface area contributed by atoms with Crippen LogP contribution < -0.4 is 0 Å². The molecule has 1 aliphatic heterocycles. The predicted octanol–water partition coefficient (Wildman–Crippen LogP) is 4.01. The Morgan fingerprint density at radius 3 is 2.53 bits per heavy atom. The summed E-state index contributed by atoms with van der Waals surface area (Å²) in [7, 11) is 0. The van der Waals surface area contributed by atoms with E-state index in [0.29, 0.717) is 24.0 Å². The Morgan fingerprint density at radius 1 is 1.10 bits per heavy atom. The van der Waals surface area contributed by atoms with Crippen molar-refractivity contribution in [2.24, 2.45) is 5.92 Å². The molecule has 1 fully saturated rings. The molecule has 1 atom stereocenters. The van der Waals surface area contributed by atoms with Crippen molar-refractivity contribution in [3.63, 3.8) is 0 Å². The fourth-order valence-corrected chi connectivity index (χ4v) is 4.11. The number of carbonyl (C=O) groups is 1. The van der Waals surface area contributed by atoms with Crippen LogP contribution in [0.4, 0.5) is 4.79 Å². The molecular weight excluding hydrogens is 402 g/mol. The molecule has 0 radical (unpaired) electrons. The number of hydrogen-bond acceptors (Lipinski definition) is 5. The monoisotopic (exact) mass is 425 g/mol. The van der Waals surface area contributed by atoms with Crippen LogP contribution in [0.5, 0.6) is 0 Å². The van der Waals surface area contributed by atoms with Gasteiger partial charge in [0.05, 0.1) is 0 Å². The smallest absolute Gasteiger partial charge is 0.409 e. The standard InChI is InChI=1S/C22H24ClN5O2/c23-20-9-5-4-8-19(20)21(28-25-16-24-26-28)15-30-22(29)27-12-10-18(11-13-27)14-17-6-2-1-3-7-17/h1-9,16,18,21H,10-15H2. The number of tetrazole rings is 1. The Bertz CT molecular complexity index is 943. The van der Waals surface area contributed by atoms with E-state index in [1.165, 1.54) is 16.7 Å². The minimum atomic E-state index is -0.430. The van der Waals surface area contributed by atoms with Crippen molar-refractivity contribution in [2.45, 2.75) is 25.3 Å². The third-order valence-corrected chi connectivity index (χ3v) is 5.86. The van der Waals surface area contributed by atoms with Crippen LogP contribution >= 0.6 is 11.6 Å². The van der Waals surface area contributed by atoms with E-state index in [4.69, 9.17) is 16.3 Å². The molecule has 1 saturated heterocycles. The van der Waals surface area contributed by atoms with Gasteiger partial charge >= 0.3 is 6.09 Å². The minimum absolute atomic E-state index is 0.0862. The molecule has 0 N–H and O–H groups in total. The summed E-state index contributed by atoms with van der Waals surface area (Å²) in [5.41, 5.74) is 2.13. The van der Waals surface area contributed by atoms with Crippen LogP contribution in [0.25, 0.3) is 0 Å². The van der Waals surface area contributed by atoms with Crippen LogP contribution in [0.3, 0.4) is 0 Å². The summed E-state index contributed by atoms with van der Waals surface area (Å²) in [4.78, 5) is 15.9. The van der Waals surface area contributed by atoms with E-state index in [1.54, 1.807) is 11.0 Å². The number of rotatable bonds is 6. The lowest BCUT2D eigenvalue weighted by atomic mass is 9.90. The van der Waals surface area contributed by atoms with Crippen molar-refractivity contribution < 1.29 is 9.53 Å². The van der Waals surface area contributed by atoms with Gasteiger partial charge in [-0.1, -0.05) is 60.1 Å². The van der Waals surface area contributed by atoms with E-state index in [0.717, 1.165) is 24.8 Å². The Hall–Kier alpha value is -2.93. The predicted molar refractivity (Wildman–Crippen MR) is 113 cm³/mol. The summed E-state index contributed by atoms with van der Waals surface area (Å²) in [5.74, 6) is 0.590. The zero-order valence-electron chi connectivity index (χ0n) is 16.6. The van der Waals surface area contributed by atoms with E-state index in [1.807, 2.05) is 24.3 Å². The van der Waals surface area contributed by atoms with Crippen molar-refractivity contribution in [3.8, 4) is 0 Å². The molecule has 8 heteroatoms. The highest BCUT2D eigenvalue weighted by molar-refractivity contribution is 6.31. The number of aromatic nitrogens is 4. The molecule has 4 rings (SSSR count). The van der Waals surface area contributed by atoms with Crippen molar-refractivity contribution in [3.05, 3.63) is 77.1 Å². The second-order valence-corrected chi connectivity index (χ2v) is 7.90. The molecule has 0 saturated carbocycles. The third kappa shape index (κ3) is 4.97. The molecule has 156 valence electrons. The van der Waals surface area contributed by atoms with Crippen LogP contribution in [0.2, 0.25) is 5.02 Å². The van der Waals surface area contributed by atoms with Gasteiger partial charge in [-0.05, 0) is 42.0 Å². The zero-order chi connectivity index (χ0) is 20.8. The summed E-state index contributed by atoms with van der Waals surface area (Å²) in [6, 6.07) is 17.5. The number of piperidine rings is 1. The lowest BCUT2D eigenvalue weighted by Crippen LogP contribution is -2.40. The fraction of sp³-hybridized carbons (Fsp3) is 0.364. The molecule has 2 aromatic carbocycles. The van der Waals surface area contributed by atoms with Gasteiger partial charge in [-0.15, -0.1) is 10.2 Å². The number of ether oxygens (including phenoxy) is 1. The van der Waals surface area contributed by atoms with Crippen molar-refractivity contribution >= 4 is 17.7 Å². The van der Waals surface area contributed by atoms with Gasteiger partial charge in [0.15, 0.2) is 6.33 Å². The molecule has 1 unspecified atom stereocenters. The number of amides is 1. The summed E-state index contributed by atoms with van der Waals surface area (Å²) in [6.07, 6.45) is 4.04. The molecule has 1 aliphatic rings. The maximum atomic E-state index is 12.7.